The van der Waals surface area contributed by atoms with Crippen molar-refractivity contribution in [3.05, 3.63) is 58.4 Å². The van der Waals surface area contributed by atoms with E-state index in [0.717, 1.165) is 11.3 Å². The normalized spacial score (nSPS) is 15.6. The fourth-order valence-corrected chi connectivity index (χ4v) is 3.92. The van der Waals surface area contributed by atoms with Crippen LogP contribution in [0.4, 0.5) is 5.69 Å². The highest BCUT2D eigenvalue weighted by Gasteiger charge is 2.31. The summed E-state index contributed by atoms with van der Waals surface area (Å²) in [4.78, 5) is 26.7. The standard InChI is InChI=1S/C20H20N2O3S2/c1-13-7-8-15(11-14(13)2)21-18(23)6-3-9-22-19(24)17(27-20(22)26)12-16-5-4-10-25-16/h4-5,7-8,10-12H,3,6,9H2,1-2H3,(H,21,23)/b17-12-. The van der Waals surface area contributed by atoms with Crippen LogP contribution < -0.4 is 5.32 Å². The molecule has 5 nitrogen and oxygen atoms in total. The van der Waals surface area contributed by atoms with Crippen LogP contribution in [0, 0.1) is 13.8 Å². The highest BCUT2D eigenvalue weighted by atomic mass is 32.2. The molecular weight excluding hydrogens is 380 g/mol. The van der Waals surface area contributed by atoms with E-state index in [1.54, 1.807) is 24.5 Å². The van der Waals surface area contributed by atoms with E-state index >= 15 is 0 Å². The Morgan fingerprint density at radius 2 is 2.11 bits per heavy atom. The second-order valence-corrected chi connectivity index (χ2v) is 7.98. The van der Waals surface area contributed by atoms with E-state index in [4.69, 9.17) is 16.6 Å². The van der Waals surface area contributed by atoms with Crippen LogP contribution in [-0.2, 0) is 9.59 Å². The van der Waals surface area contributed by atoms with Crippen molar-refractivity contribution in [1.29, 1.82) is 0 Å². The number of anilines is 1. The van der Waals surface area contributed by atoms with Crippen molar-refractivity contribution in [1.82, 2.24) is 4.90 Å². The molecule has 27 heavy (non-hydrogen) atoms. The number of thioether (sulfide) groups is 1. The van der Waals surface area contributed by atoms with Gasteiger partial charge in [0.1, 0.15) is 10.1 Å². The molecule has 1 fully saturated rings. The maximum absolute atomic E-state index is 12.5. The molecule has 1 aromatic heterocycles. The van der Waals surface area contributed by atoms with Crippen molar-refractivity contribution in [3.63, 3.8) is 0 Å². The van der Waals surface area contributed by atoms with Crippen LogP contribution in [-0.4, -0.2) is 27.6 Å². The zero-order valence-corrected chi connectivity index (χ0v) is 16.8. The van der Waals surface area contributed by atoms with E-state index in [9.17, 15) is 9.59 Å². The van der Waals surface area contributed by atoms with E-state index in [1.807, 2.05) is 32.0 Å². The molecule has 0 saturated carbocycles. The molecule has 3 rings (SSSR count). The number of furan rings is 1. The summed E-state index contributed by atoms with van der Waals surface area (Å²) in [6.45, 7) is 4.46. The number of hydrogen-bond acceptors (Lipinski definition) is 5. The summed E-state index contributed by atoms with van der Waals surface area (Å²) in [7, 11) is 0. The van der Waals surface area contributed by atoms with Gasteiger partial charge in [-0.15, -0.1) is 0 Å². The fourth-order valence-electron chi connectivity index (χ4n) is 2.64. The van der Waals surface area contributed by atoms with Crippen LogP contribution >= 0.6 is 24.0 Å². The predicted molar refractivity (Wildman–Crippen MR) is 112 cm³/mol. The molecule has 0 spiro atoms. The van der Waals surface area contributed by atoms with Crippen LogP contribution in [0.15, 0.2) is 45.9 Å². The Hall–Kier alpha value is -2.38. The molecule has 140 valence electrons. The zero-order valence-electron chi connectivity index (χ0n) is 15.2. The number of carbonyl (C=O) groups excluding carboxylic acids is 2. The summed E-state index contributed by atoms with van der Waals surface area (Å²) in [5, 5.41) is 2.89. The third-order valence-corrected chi connectivity index (χ3v) is 5.64. The lowest BCUT2D eigenvalue weighted by Gasteiger charge is -2.14. The molecule has 2 amide bonds. The van der Waals surface area contributed by atoms with Crippen LogP contribution in [0.25, 0.3) is 6.08 Å². The van der Waals surface area contributed by atoms with E-state index in [1.165, 1.54) is 22.2 Å². The highest BCUT2D eigenvalue weighted by molar-refractivity contribution is 8.26. The maximum atomic E-state index is 12.5. The number of nitrogens with zero attached hydrogens (tertiary/aromatic N) is 1. The lowest BCUT2D eigenvalue weighted by Crippen LogP contribution is -2.29. The van der Waals surface area contributed by atoms with Crippen LogP contribution in [0.3, 0.4) is 0 Å². The number of carbonyl (C=O) groups is 2. The summed E-state index contributed by atoms with van der Waals surface area (Å²) in [6, 6.07) is 9.37. The quantitative estimate of drug-likeness (QED) is 0.571. The van der Waals surface area contributed by atoms with Crippen molar-refractivity contribution in [2.45, 2.75) is 26.7 Å². The molecule has 1 aliphatic rings. The number of thiocarbonyl (C=S) groups is 1. The SMILES string of the molecule is Cc1ccc(NC(=O)CCCN2C(=O)/C(=C/c3ccco3)SC2=S)cc1C. The predicted octanol–water partition coefficient (Wildman–Crippen LogP) is 4.52. The van der Waals surface area contributed by atoms with E-state index < -0.39 is 0 Å². The van der Waals surface area contributed by atoms with Gasteiger partial charge in [-0.05, 0) is 55.7 Å². The molecule has 7 heteroatoms. The number of aryl methyl sites for hydroxylation is 2. The molecular formula is C20H20N2O3S2. The molecule has 0 radical (unpaired) electrons. The topological polar surface area (TPSA) is 62.6 Å². The second-order valence-electron chi connectivity index (χ2n) is 6.30. The molecule has 1 aromatic carbocycles. The van der Waals surface area contributed by atoms with E-state index in [-0.39, 0.29) is 11.8 Å². The van der Waals surface area contributed by atoms with Gasteiger partial charge in [0.05, 0.1) is 11.2 Å². The largest absolute Gasteiger partial charge is 0.465 e. The number of nitrogens with one attached hydrogen (secondary N) is 1. The third kappa shape index (κ3) is 4.87. The molecule has 0 atom stereocenters. The van der Waals surface area contributed by atoms with Crippen molar-refractivity contribution < 1.29 is 14.0 Å². The van der Waals surface area contributed by atoms with Gasteiger partial charge in [0.25, 0.3) is 5.91 Å². The Kier molecular flexibility index (Phi) is 6.13. The monoisotopic (exact) mass is 400 g/mol. The van der Waals surface area contributed by atoms with Gasteiger partial charge in [0, 0.05) is 24.7 Å². The summed E-state index contributed by atoms with van der Waals surface area (Å²) in [6.07, 6.45) is 4.10. The minimum atomic E-state index is -0.143. The summed E-state index contributed by atoms with van der Waals surface area (Å²) in [5.41, 5.74) is 3.11. The van der Waals surface area contributed by atoms with E-state index in [2.05, 4.69) is 5.32 Å². The number of hydrogen-bond donors (Lipinski definition) is 1. The van der Waals surface area contributed by atoms with E-state index in [0.29, 0.717) is 34.4 Å². The molecule has 2 heterocycles. The first kappa shape index (κ1) is 19.4. The van der Waals surface area contributed by atoms with Gasteiger partial charge in [0.15, 0.2) is 0 Å². The Labute approximate surface area is 167 Å². The maximum Gasteiger partial charge on any atom is 0.266 e. The minimum Gasteiger partial charge on any atom is -0.465 e. The van der Waals surface area contributed by atoms with Gasteiger partial charge >= 0.3 is 0 Å². The first-order chi connectivity index (χ1) is 12.9. The Morgan fingerprint density at radius 1 is 1.30 bits per heavy atom. The Morgan fingerprint density at radius 3 is 2.81 bits per heavy atom. The lowest BCUT2D eigenvalue weighted by atomic mass is 10.1. The van der Waals surface area contributed by atoms with Gasteiger partial charge < -0.3 is 9.73 Å². The number of benzene rings is 1. The summed E-state index contributed by atoms with van der Waals surface area (Å²) in [5.74, 6) is 0.397. The van der Waals surface area contributed by atoms with Crippen molar-refractivity contribution in [2.75, 3.05) is 11.9 Å². The van der Waals surface area contributed by atoms with Crippen LogP contribution in [0.2, 0.25) is 0 Å². The molecule has 1 saturated heterocycles. The second kappa shape index (κ2) is 8.54. The average Bonchev–Trinajstić information content (AvgIpc) is 3.22. The first-order valence-corrected chi connectivity index (χ1v) is 9.82. The smallest absolute Gasteiger partial charge is 0.266 e. The van der Waals surface area contributed by atoms with Crippen LogP contribution in [0.1, 0.15) is 29.7 Å². The van der Waals surface area contributed by atoms with Gasteiger partial charge in [-0.25, -0.2) is 0 Å². The highest BCUT2D eigenvalue weighted by Crippen LogP contribution is 2.32. The summed E-state index contributed by atoms with van der Waals surface area (Å²) < 4.78 is 5.75. The molecule has 0 bridgehead atoms. The molecule has 0 unspecified atom stereocenters. The lowest BCUT2D eigenvalue weighted by molar-refractivity contribution is -0.122. The minimum absolute atomic E-state index is 0.0742. The van der Waals surface area contributed by atoms with Crippen molar-refractivity contribution >= 4 is 51.9 Å². The fraction of sp³-hybridized carbons (Fsp3) is 0.250. The van der Waals surface area contributed by atoms with Crippen LogP contribution in [0.5, 0.6) is 0 Å². The Balaban J connectivity index is 1.51. The van der Waals surface area contributed by atoms with Gasteiger partial charge in [-0.3, -0.25) is 14.5 Å². The number of rotatable bonds is 6. The van der Waals surface area contributed by atoms with Gasteiger partial charge in [0.2, 0.25) is 5.91 Å². The van der Waals surface area contributed by atoms with Crippen molar-refractivity contribution in [3.8, 4) is 0 Å². The average molecular weight is 401 g/mol. The Bertz CT molecular complexity index is 904. The zero-order chi connectivity index (χ0) is 19.4. The summed E-state index contributed by atoms with van der Waals surface area (Å²) >= 11 is 6.55. The number of amides is 2. The van der Waals surface area contributed by atoms with Gasteiger partial charge in [-0.2, -0.15) is 0 Å². The molecule has 0 aliphatic carbocycles. The third-order valence-electron chi connectivity index (χ3n) is 4.27. The molecule has 1 N–H and O–H groups in total. The first-order valence-electron chi connectivity index (χ1n) is 8.60. The van der Waals surface area contributed by atoms with Gasteiger partial charge in [-0.1, -0.05) is 30.0 Å². The molecule has 1 aliphatic heterocycles. The molecule has 2 aromatic rings. The van der Waals surface area contributed by atoms with Crippen molar-refractivity contribution in [2.24, 2.45) is 0 Å².